The smallest absolute Gasteiger partial charge is 0.261 e. The van der Waals surface area contributed by atoms with Crippen molar-refractivity contribution in [1.82, 2.24) is 10.6 Å². The first-order valence-corrected chi connectivity index (χ1v) is 12.1. The van der Waals surface area contributed by atoms with Crippen molar-refractivity contribution in [1.29, 1.82) is 0 Å². The zero-order valence-corrected chi connectivity index (χ0v) is 18.3. The van der Waals surface area contributed by atoms with Crippen LogP contribution in [0.5, 0.6) is 0 Å². The average Bonchev–Trinajstić information content (AvgIpc) is 3.55. The lowest BCUT2D eigenvalue weighted by Gasteiger charge is -2.22. The van der Waals surface area contributed by atoms with Crippen LogP contribution >= 0.6 is 22.7 Å². The van der Waals surface area contributed by atoms with Gasteiger partial charge in [-0.2, -0.15) is 0 Å². The van der Waals surface area contributed by atoms with Crippen molar-refractivity contribution in [3.63, 3.8) is 0 Å². The summed E-state index contributed by atoms with van der Waals surface area (Å²) in [6, 6.07) is 0. The lowest BCUT2D eigenvalue weighted by Crippen LogP contribution is -2.15. The standard InChI is InChI=1S/C11H13NO2S.C11H11NO2S/c2*13-11-10-8(5-12-11)9(6-15-10)7-1-3-14-4-2-7/h6-7H,1-5H2,(H,12,13);1,6H,2-5H2,(H,12,13). The van der Waals surface area contributed by atoms with E-state index in [-0.39, 0.29) is 11.8 Å². The van der Waals surface area contributed by atoms with Gasteiger partial charge in [0.1, 0.15) is 0 Å². The highest BCUT2D eigenvalue weighted by Crippen LogP contribution is 2.36. The number of carbonyl (C=O) groups excluding carboxylic acids is 2. The third kappa shape index (κ3) is 3.73. The Hall–Kier alpha value is -2.00. The van der Waals surface area contributed by atoms with Crippen LogP contribution in [-0.4, -0.2) is 38.2 Å². The summed E-state index contributed by atoms with van der Waals surface area (Å²) < 4.78 is 10.6. The van der Waals surface area contributed by atoms with E-state index in [0.29, 0.717) is 19.1 Å². The second kappa shape index (κ2) is 8.63. The third-order valence-corrected chi connectivity index (χ3v) is 8.11. The number of fused-ring (bicyclic) bond motifs is 2. The molecule has 2 amide bonds. The summed E-state index contributed by atoms with van der Waals surface area (Å²) in [5.74, 6) is 0.786. The van der Waals surface area contributed by atoms with Crippen molar-refractivity contribution >= 4 is 40.1 Å². The highest BCUT2D eigenvalue weighted by atomic mass is 32.1. The van der Waals surface area contributed by atoms with Crippen molar-refractivity contribution in [3.8, 4) is 0 Å². The Balaban J connectivity index is 0.000000128. The van der Waals surface area contributed by atoms with Crippen LogP contribution in [0.2, 0.25) is 0 Å². The van der Waals surface area contributed by atoms with Crippen LogP contribution in [0.3, 0.4) is 0 Å². The predicted molar refractivity (Wildman–Crippen MR) is 117 cm³/mol. The Bertz CT molecular complexity index is 1000. The van der Waals surface area contributed by atoms with Gasteiger partial charge in [0.25, 0.3) is 11.8 Å². The molecule has 1 fully saturated rings. The van der Waals surface area contributed by atoms with Crippen molar-refractivity contribution in [2.75, 3.05) is 26.4 Å². The maximum Gasteiger partial charge on any atom is 0.261 e. The van der Waals surface area contributed by atoms with Crippen LogP contribution in [0.15, 0.2) is 16.8 Å². The van der Waals surface area contributed by atoms with Gasteiger partial charge in [-0.3, -0.25) is 9.59 Å². The lowest BCUT2D eigenvalue weighted by atomic mass is 9.91. The Kier molecular flexibility index (Phi) is 5.73. The molecule has 2 aromatic rings. The summed E-state index contributed by atoms with van der Waals surface area (Å²) >= 11 is 3.13. The molecule has 4 aliphatic rings. The van der Waals surface area contributed by atoms with Crippen molar-refractivity contribution in [2.45, 2.75) is 38.3 Å². The SMILES string of the molecule is O=C1NCc2c(C3=CCOCC3)csc21.O=C1NCc2c(C3CCOCC3)csc21. The Morgan fingerprint density at radius 3 is 2.30 bits per heavy atom. The molecule has 30 heavy (non-hydrogen) atoms. The minimum absolute atomic E-state index is 0.0777. The van der Waals surface area contributed by atoms with Crippen LogP contribution in [-0.2, 0) is 22.6 Å². The zero-order chi connectivity index (χ0) is 20.5. The largest absolute Gasteiger partial charge is 0.381 e. The molecule has 0 unspecified atom stereocenters. The second-order valence-corrected chi connectivity index (χ2v) is 9.52. The monoisotopic (exact) mass is 444 g/mol. The first-order chi connectivity index (χ1) is 14.7. The number of carbonyl (C=O) groups is 2. The molecule has 4 aliphatic heterocycles. The van der Waals surface area contributed by atoms with Gasteiger partial charge >= 0.3 is 0 Å². The van der Waals surface area contributed by atoms with Crippen molar-refractivity contribution in [3.05, 3.63) is 48.8 Å². The molecular formula is C22H24N2O4S2. The molecule has 6 rings (SSSR count). The van der Waals surface area contributed by atoms with E-state index in [2.05, 4.69) is 27.5 Å². The molecule has 1 saturated heterocycles. The van der Waals surface area contributed by atoms with E-state index in [1.165, 1.54) is 27.8 Å². The third-order valence-electron chi connectivity index (χ3n) is 6.05. The fraction of sp³-hybridized carbons (Fsp3) is 0.455. The van der Waals surface area contributed by atoms with Crippen molar-refractivity contribution < 1.29 is 19.1 Å². The zero-order valence-electron chi connectivity index (χ0n) is 16.6. The summed E-state index contributed by atoms with van der Waals surface area (Å²) in [5.41, 5.74) is 6.39. The number of hydrogen-bond donors (Lipinski definition) is 2. The second-order valence-electron chi connectivity index (χ2n) is 7.76. The molecule has 0 saturated carbocycles. The molecule has 0 spiro atoms. The molecule has 6 heterocycles. The van der Waals surface area contributed by atoms with Gasteiger partial charge < -0.3 is 20.1 Å². The summed E-state index contributed by atoms with van der Waals surface area (Å²) in [6.07, 6.45) is 5.26. The quantitative estimate of drug-likeness (QED) is 0.741. The van der Waals surface area contributed by atoms with E-state index in [9.17, 15) is 9.59 Å². The van der Waals surface area contributed by atoms with Gasteiger partial charge in [0.2, 0.25) is 0 Å². The highest BCUT2D eigenvalue weighted by molar-refractivity contribution is 7.13. The minimum atomic E-state index is 0.0777. The van der Waals surface area contributed by atoms with Crippen LogP contribution in [0, 0.1) is 0 Å². The number of ether oxygens (including phenoxy) is 2. The predicted octanol–water partition coefficient (Wildman–Crippen LogP) is 3.68. The molecule has 2 N–H and O–H groups in total. The van der Waals surface area contributed by atoms with Crippen LogP contribution < -0.4 is 10.6 Å². The number of hydrogen-bond acceptors (Lipinski definition) is 6. The summed E-state index contributed by atoms with van der Waals surface area (Å²) in [5, 5.41) is 10.0. The van der Waals surface area contributed by atoms with Gasteiger partial charge in [-0.05, 0) is 58.2 Å². The fourth-order valence-corrected chi connectivity index (χ4v) is 6.53. The molecule has 0 aromatic carbocycles. The van der Waals surface area contributed by atoms with Gasteiger partial charge in [-0.1, -0.05) is 6.08 Å². The molecular weight excluding hydrogens is 420 g/mol. The Morgan fingerprint density at radius 2 is 1.57 bits per heavy atom. The number of amides is 2. The van der Waals surface area contributed by atoms with Crippen molar-refractivity contribution in [2.24, 2.45) is 0 Å². The molecule has 2 aromatic heterocycles. The average molecular weight is 445 g/mol. The van der Waals surface area contributed by atoms with E-state index in [0.717, 1.165) is 55.4 Å². The summed E-state index contributed by atoms with van der Waals surface area (Å²) in [6.45, 7) is 4.61. The topological polar surface area (TPSA) is 76.7 Å². The number of nitrogens with one attached hydrogen (secondary N) is 2. The van der Waals surface area contributed by atoms with E-state index >= 15 is 0 Å². The molecule has 0 radical (unpaired) electrons. The first kappa shape index (κ1) is 19.9. The summed E-state index contributed by atoms with van der Waals surface area (Å²) in [4.78, 5) is 24.7. The minimum Gasteiger partial charge on any atom is -0.381 e. The Labute approximate surface area is 183 Å². The number of thiophene rings is 2. The maximum absolute atomic E-state index is 11.4. The van der Waals surface area contributed by atoms with Gasteiger partial charge in [0, 0.05) is 31.9 Å². The van der Waals surface area contributed by atoms with E-state index in [4.69, 9.17) is 9.47 Å². The van der Waals surface area contributed by atoms with E-state index in [1.807, 2.05) is 0 Å². The van der Waals surface area contributed by atoms with Gasteiger partial charge in [-0.15, -0.1) is 22.7 Å². The Morgan fingerprint density at radius 1 is 0.867 bits per heavy atom. The van der Waals surface area contributed by atoms with Crippen LogP contribution in [0.4, 0.5) is 0 Å². The maximum atomic E-state index is 11.4. The lowest BCUT2D eigenvalue weighted by molar-refractivity contribution is 0.0852. The molecule has 8 heteroatoms. The normalized spacial score (nSPS) is 20.6. The van der Waals surface area contributed by atoms with Crippen LogP contribution in [0.1, 0.15) is 66.8 Å². The van der Waals surface area contributed by atoms with Gasteiger partial charge in [0.05, 0.1) is 23.0 Å². The van der Waals surface area contributed by atoms with Gasteiger partial charge in [-0.25, -0.2) is 0 Å². The molecule has 0 atom stereocenters. The summed E-state index contributed by atoms with van der Waals surface area (Å²) in [7, 11) is 0. The first-order valence-electron chi connectivity index (χ1n) is 10.3. The van der Waals surface area contributed by atoms with E-state index in [1.54, 1.807) is 22.7 Å². The van der Waals surface area contributed by atoms with E-state index < -0.39 is 0 Å². The molecule has 0 bridgehead atoms. The van der Waals surface area contributed by atoms with Gasteiger partial charge in [0.15, 0.2) is 0 Å². The number of rotatable bonds is 2. The molecule has 158 valence electrons. The highest BCUT2D eigenvalue weighted by Gasteiger charge is 2.28. The molecule has 0 aliphatic carbocycles. The molecule has 6 nitrogen and oxygen atoms in total. The van der Waals surface area contributed by atoms with Crippen LogP contribution in [0.25, 0.3) is 5.57 Å². The fourth-order valence-electron chi connectivity index (χ4n) is 4.41.